The second-order valence-electron chi connectivity index (χ2n) is 18.2. The van der Waals surface area contributed by atoms with Crippen LogP contribution in [0.3, 0.4) is 0 Å². The average Bonchev–Trinajstić information content (AvgIpc) is 4.01. The van der Waals surface area contributed by atoms with E-state index in [1.807, 2.05) is 0 Å². The molecule has 5 atom stereocenters. The molecule has 0 saturated heterocycles. The fourth-order valence-corrected chi connectivity index (χ4v) is 13.6. The van der Waals surface area contributed by atoms with E-state index in [2.05, 4.69) is 158 Å². The molecular weight excluding hydrogens is 707 g/mol. The van der Waals surface area contributed by atoms with Gasteiger partial charge in [0.15, 0.2) is 17.5 Å². The van der Waals surface area contributed by atoms with Gasteiger partial charge in [-0.2, -0.15) is 0 Å². The predicted molar refractivity (Wildman–Crippen MR) is 229 cm³/mol. The standard InChI is InChI=1S/C54H39N3O/c1-2-12-38-32(10-1)11-9-14-40(38)51-56-49(33-20-23-36(24-21-33)52-29-37-26-35-28-53(37,31-52)46(35)30-52)55-50(57-51)34-22-25-43-41(27-34)39-13-3-4-15-42(39)54(43)44-16-5-7-18-47(44)58-48-19-8-6-17-45(48)54/h1-25,27,35,37,46H,26,28-31H2/t35?,37-,46?,52?,53?/m0/s1. The van der Waals surface area contributed by atoms with Crippen LogP contribution in [0, 0.1) is 23.2 Å². The topological polar surface area (TPSA) is 47.9 Å². The SMILES string of the molecule is c1ccc2c(c1)Oc1ccccc1C21c2ccccc2-c2cc(-c3nc(-c4ccc(C56CC7C8C[C@@H](C5)C7(C8)C6)cc4)nc(-c4cccc5ccccc45)n3)ccc21. The first-order chi connectivity index (χ1) is 28.6. The molecule has 4 unspecified atom stereocenters. The Morgan fingerprint density at radius 2 is 1.14 bits per heavy atom. The molecule has 276 valence electrons. The summed E-state index contributed by atoms with van der Waals surface area (Å²) < 4.78 is 6.57. The van der Waals surface area contributed by atoms with Crippen LogP contribution in [-0.4, -0.2) is 15.0 Å². The van der Waals surface area contributed by atoms with E-state index in [-0.39, 0.29) is 0 Å². The average molecular weight is 746 g/mol. The van der Waals surface area contributed by atoms with E-state index >= 15 is 0 Å². The van der Waals surface area contributed by atoms with Gasteiger partial charge in [-0.1, -0.05) is 140 Å². The van der Waals surface area contributed by atoms with Gasteiger partial charge in [-0.25, -0.2) is 15.0 Å². The van der Waals surface area contributed by atoms with Crippen molar-refractivity contribution in [2.75, 3.05) is 0 Å². The number of nitrogens with zero attached hydrogens (tertiary/aromatic N) is 3. The van der Waals surface area contributed by atoms with Crippen molar-refractivity contribution in [2.45, 2.75) is 42.9 Å². The first-order valence-electron chi connectivity index (χ1n) is 21.1. The quantitative estimate of drug-likeness (QED) is 0.180. The zero-order valence-corrected chi connectivity index (χ0v) is 32.0. The normalized spacial score (nSPS) is 25.5. The summed E-state index contributed by atoms with van der Waals surface area (Å²) in [6.45, 7) is 0. The summed E-state index contributed by atoms with van der Waals surface area (Å²) in [6.07, 6.45) is 7.16. The number of benzene rings is 7. The minimum Gasteiger partial charge on any atom is -0.457 e. The fourth-order valence-electron chi connectivity index (χ4n) is 13.6. The number of rotatable bonds is 4. The van der Waals surface area contributed by atoms with Crippen LogP contribution in [0.1, 0.15) is 59.9 Å². The highest BCUT2D eigenvalue weighted by molar-refractivity contribution is 5.96. The summed E-state index contributed by atoms with van der Waals surface area (Å²) in [5.74, 6) is 6.79. The zero-order chi connectivity index (χ0) is 37.8. The highest BCUT2D eigenvalue weighted by Gasteiger charge is 2.76. The highest BCUT2D eigenvalue weighted by Crippen LogP contribution is 2.83. The third kappa shape index (κ3) is 3.89. The van der Waals surface area contributed by atoms with E-state index in [1.165, 1.54) is 65.3 Å². The van der Waals surface area contributed by atoms with Crippen LogP contribution >= 0.6 is 0 Å². The molecule has 3 bridgehead atoms. The summed E-state index contributed by atoms with van der Waals surface area (Å²) >= 11 is 0. The number of fused-ring (bicyclic) bond motifs is 11. The van der Waals surface area contributed by atoms with Gasteiger partial charge in [0, 0.05) is 27.8 Å². The van der Waals surface area contributed by atoms with Gasteiger partial charge in [0.05, 0.1) is 5.41 Å². The molecule has 5 saturated carbocycles. The van der Waals surface area contributed by atoms with E-state index in [1.54, 1.807) is 0 Å². The minimum atomic E-state index is -0.520. The van der Waals surface area contributed by atoms with Gasteiger partial charge in [0.25, 0.3) is 0 Å². The summed E-state index contributed by atoms with van der Waals surface area (Å²) in [5, 5.41) is 2.30. The summed E-state index contributed by atoms with van der Waals surface area (Å²) in [5.41, 5.74) is 12.3. The van der Waals surface area contributed by atoms with Crippen LogP contribution in [0.4, 0.5) is 0 Å². The molecular formula is C54H39N3O. The largest absolute Gasteiger partial charge is 0.457 e. The Bertz CT molecular complexity index is 3010. The minimum absolute atomic E-state index is 0.362. The molecule has 2 spiro atoms. The van der Waals surface area contributed by atoms with Crippen molar-refractivity contribution in [2.24, 2.45) is 23.2 Å². The van der Waals surface area contributed by atoms with Crippen molar-refractivity contribution in [1.29, 1.82) is 0 Å². The molecule has 15 rings (SSSR count). The lowest BCUT2D eigenvalue weighted by Crippen LogP contribution is -2.38. The van der Waals surface area contributed by atoms with Crippen molar-refractivity contribution in [3.63, 3.8) is 0 Å². The molecule has 7 aliphatic rings. The second kappa shape index (κ2) is 11.0. The Morgan fingerprint density at radius 3 is 1.93 bits per heavy atom. The van der Waals surface area contributed by atoms with E-state index in [9.17, 15) is 0 Å². The number of aromatic nitrogens is 3. The Morgan fingerprint density at radius 1 is 0.500 bits per heavy atom. The predicted octanol–water partition coefficient (Wildman–Crippen LogP) is 12.6. The molecule has 4 nitrogen and oxygen atoms in total. The van der Waals surface area contributed by atoms with Crippen LogP contribution in [0.15, 0.2) is 158 Å². The van der Waals surface area contributed by atoms with Crippen LogP contribution in [0.5, 0.6) is 11.5 Å². The van der Waals surface area contributed by atoms with Gasteiger partial charge in [0.1, 0.15) is 11.5 Å². The first-order valence-corrected chi connectivity index (χ1v) is 21.1. The number of hydrogen-bond acceptors (Lipinski definition) is 4. The van der Waals surface area contributed by atoms with Gasteiger partial charge in [-0.3, -0.25) is 0 Å². The lowest BCUT2D eigenvalue weighted by Gasteiger charge is -2.45. The maximum atomic E-state index is 6.57. The molecule has 0 N–H and O–H groups in total. The van der Waals surface area contributed by atoms with Gasteiger partial charge in [-0.15, -0.1) is 0 Å². The lowest BCUT2D eigenvalue weighted by atomic mass is 9.59. The monoisotopic (exact) mass is 745 g/mol. The maximum Gasteiger partial charge on any atom is 0.164 e. The first kappa shape index (κ1) is 31.7. The van der Waals surface area contributed by atoms with Crippen molar-refractivity contribution < 1.29 is 4.74 Å². The summed E-state index contributed by atoms with van der Waals surface area (Å²) in [7, 11) is 0. The number of ether oxygens (including phenoxy) is 1. The summed E-state index contributed by atoms with van der Waals surface area (Å²) in [6, 6.07) is 57.1. The molecule has 2 heterocycles. The van der Waals surface area contributed by atoms with Crippen LogP contribution in [0.2, 0.25) is 0 Å². The van der Waals surface area contributed by atoms with E-state index < -0.39 is 5.41 Å². The summed E-state index contributed by atoms with van der Waals surface area (Å²) in [4.78, 5) is 15.9. The smallest absolute Gasteiger partial charge is 0.164 e. The second-order valence-corrected chi connectivity index (χ2v) is 18.2. The molecule has 58 heavy (non-hydrogen) atoms. The van der Waals surface area contributed by atoms with E-state index in [0.29, 0.717) is 28.3 Å². The Labute approximate surface area is 337 Å². The van der Waals surface area contributed by atoms with E-state index in [4.69, 9.17) is 19.7 Å². The van der Waals surface area contributed by atoms with Gasteiger partial charge < -0.3 is 4.74 Å². The highest BCUT2D eigenvalue weighted by atomic mass is 16.5. The van der Waals surface area contributed by atoms with Gasteiger partial charge >= 0.3 is 0 Å². The van der Waals surface area contributed by atoms with Crippen molar-refractivity contribution in [3.05, 3.63) is 186 Å². The molecule has 5 fully saturated rings. The third-order valence-electron chi connectivity index (χ3n) is 15.8. The Kier molecular flexibility index (Phi) is 5.98. The van der Waals surface area contributed by atoms with Gasteiger partial charge in [0.2, 0.25) is 0 Å². The zero-order valence-electron chi connectivity index (χ0n) is 32.0. The molecule has 8 aromatic rings. The van der Waals surface area contributed by atoms with Crippen molar-refractivity contribution >= 4 is 10.8 Å². The van der Waals surface area contributed by atoms with Crippen LogP contribution < -0.4 is 4.74 Å². The third-order valence-corrected chi connectivity index (χ3v) is 15.8. The Balaban J connectivity index is 0.944. The van der Waals surface area contributed by atoms with E-state index in [0.717, 1.165) is 62.5 Å². The molecule has 7 aromatic carbocycles. The molecule has 1 aromatic heterocycles. The lowest BCUT2D eigenvalue weighted by molar-refractivity contribution is 0.0381. The molecule has 1 aliphatic heterocycles. The number of hydrogen-bond donors (Lipinski definition) is 0. The van der Waals surface area contributed by atoms with Gasteiger partial charge in [-0.05, 0) is 117 Å². The molecule has 0 amide bonds. The maximum absolute atomic E-state index is 6.57. The Hall–Kier alpha value is -6.39. The molecule has 0 radical (unpaired) electrons. The van der Waals surface area contributed by atoms with Crippen LogP contribution in [0.25, 0.3) is 56.1 Å². The molecule has 4 heteroatoms. The van der Waals surface area contributed by atoms with Crippen molar-refractivity contribution in [1.82, 2.24) is 15.0 Å². The molecule has 6 aliphatic carbocycles. The number of para-hydroxylation sites is 2. The van der Waals surface area contributed by atoms with Crippen molar-refractivity contribution in [3.8, 4) is 56.8 Å². The fraction of sp³-hybridized carbons (Fsp3) is 0.204. The van der Waals surface area contributed by atoms with Crippen LogP contribution in [-0.2, 0) is 10.8 Å².